The topological polar surface area (TPSA) is 156 Å². The maximum atomic E-state index is 16.4. The van der Waals surface area contributed by atoms with Gasteiger partial charge in [0.1, 0.15) is 24.0 Å². The number of carbonyl (C=O) groups is 1. The molecule has 4 aromatic rings. The van der Waals surface area contributed by atoms with E-state index in [9.17, 15) is 9.59 Å². The maximum Gasteiger partial charge on any atom is 0.320 e. The predicted octanol–water partition coefficient (Wildman–Crippen LogP) is 6.50. The fraction of sp³-hybridized carbons (Fsp3) is 0.565. The van der Waals surface area contributed by atoms with Gasteiger partial charge >= 0.3 is 5.92 Å². The standard InChI is InChI=1S/C46H55F4N11O4/c1-24-21-51-45(56-41(24)53-33-19-31-34(20-32(33)47)58(2)43(63)40-38(31)55-44(52-27-5-6-27)46(49,50)23-65-40)61-17-11-25(12-18-61)22-60-15-13-26(14-16-60)28-7-8-29-37(57-59(3)39(29)36(28)48)30-9-10-35(62)54-42(30)64-4/h7-8,19-21,25-26,28,30,36,42,44,55H,5-6,9-18,22-23H2,1-4H3,(H,54,62)(H,51,53,56). The van der Waals surface area contributed by atoms with Crippen LogP contribution in [0.1, 0.15) is 86.0 Å². The van der Waals surface area contributed by atoms with Gasteiger partial charge in [0.2, 0.25) is 17.6 Å². The molecule has 0 spiro atoms. The molecule has 5 unspecified atom stereocenters. The average Bonchev–Trinajstić information content (AvgIpc) is 4.08. The van der Waals surface area contributed by atoms with Crippen LogP contribution in [-0.2, 0) is 23.6 Å². The summed E-state index contributed by atoms with van der Waals surface area (Å²) >= 11 is 0. The molecule has 7 heterocycles. The van der Waals surface area contributed by atoms with Crippen molar-refractivity contribution < 1.29 is 31.8 Å². The van der Waals surface area contributed by atoms with Crippen LogP contribution in [-0.4, -0.2) is 106 Å². The van der Waals surface area contributed by atoms with Crippen molar-refractivity contribution in [3.05, 3.63) is 63.1 Å². The van der Waals surface area contributed by atoms with Crippen molar-refractivity contribution in [1.82, 2.24) is 34.5 Å². The van der Waals surface area contributed by atoms with Gasteiger partial charge in [-0.1, -0.05) is 12.2 Å². The van der Waals surface area contributed by atoms with Gasteiger partial charge in [0.15, 0.2) is 12.8 Å². The highest BCUT2D eigenvalue weighted by Gasteiger charge is 2.46. The number of ether oxygens (including phenoxy) is 2. The first-order valence-electron chi connectivity index (χ1n) is 22.7. The molecule has 65 heavy (non-hydrogen) atoms. The number of piperidine rings is 3. The first kappa shape index (κ1) is 43.3. The second-order valence-electron chi connectivity index (χ2n) is 18.6. The first-order valence-corrected chi connectivity index (χ1v) is 22.7. The van der Waals surface area contributed by atoms with Crippen molar-refractivity contribution in [3.63, 3.8) is 0 Å². The number of pyridine rings is 1. The lowest BCUT2D eigenvalue weighted by Crippen LogP contribution is -2.45. The minimum atomic E-state index is -3.39. The number of nitrogens with one attached hydrogen (secondary N) is 3. The van der Waals surface area contributed by atoms with Crippen LogP contribution in [0.3, 0.4) is 0 Å². The molecule has 3 saturated heterocycles. The van der Waals surface area contributed by atoms with Gasteiger partial charge in [0.05, 0.1) is 28.3 Å². The Hall–Kier alpha value is -5.56. The largest absolute Gasteiger partial charge is 0.480 e. The zero-order chi connectivity index (χ0) is 45.3. The molecule has 1 aromatic carbocycles. The van der Waals surface area contributed by atoms with E-state index in [-0.39, 0.29) is 46.3 Å². The molecule has 2 aliphatic carbocycles. The number of aryl methyl sites for hydroxylation is 3. The zero-order valence-corrected chi connectivity index (χ0v) is 37.1. The quantitative estimate of drug-likeness (QED) is 0.158. The van der Waals surface area contributed by atoms with Crippen LogP contribution in [0, 0.1) is 30.5 Å². The van der Waals surface area contributed by atoms with Crippen molar-refractivity contribution in [3.8, 4) is 5.75 Å². The van der Waals surface area contributed by atoms with Crippen LogP contribution < -0.4 is 31.1 Å². The second-order valence-corrected chi connectivity index (χ2v) is 18.6. The summed E-state index contributed by atoms with van der Waals surface area (Å²) in [6.07, 6.45) is 8.46. The highest BCUT2D eigenvalue weighted by Crippen LogP contribution is 2.46. The summed E-state index contributed by atoms with van der Waals surface area (Å²) in [4.78, 5) is 43.6. The third-order valence-corrected chi connectivity index (χ3v) is 14.3. The van der Waals surface area contributed by atoms with Gasteiger partial charge in [-0.3, -0.25) is 19.3 Å². The Morgan fingerprint density at radius 1 is 1.03 bits per heavy atom. The number of anilines is 4. The third-order valence-electron chi connectivity index (χ3n) is 14.3. The van der Waals surface area contributed by atoms with Crippen LogP contribution in [0.4, 0.5) is 40.7 Å². The Kier molecular flexibility index (Phi) is 11.3. The molecule has 3 N–H and O–H groups in total. The number of rotatable bonds is 9. The molecule has 15 nitrogen and oxygen atoms in total. The number of fused-ring (bicyclic) bond motifs is 4. The third kappa shape index (κ3) is 8.23. The van der Waals surface area contributed by atoms with E-state index in [1.165, 1.54) is 23.7 Å². The lowest BCUT2D eigenvalue weighted by molar-refractivity contribution is -0.128. The van der Waals surface area contributed by atoms with E-state index in [0.29, 0.717) is 65.7 Å². The zero-order valence-electron chi connectivity index (χ0n) is 37.1. The van der Waals surface area contributed by atoms with Crippen molar-refractivity contribution in [1.29, 1.82) is 0 Å². The number of allylic oxidation sites excluding steroid dienone is 1. The van der Waals surface area contributed by atoms with Gasteiger partial charge in [0, 0.05) is 93.6 Å². The van der Waals surface area contributed by atoms with E-state index >= 15 is 17.6 Å². The van der Waals surface area contributed by atoms with Crippen LogP contribution >= 0.6 is 0 Å². The minimum Gasteiger partial charge on any atom is -0.480 e. The van der Waals surface area contributed by atoms with E-state index in [2.05, 4.69) is 35.7 Å². The number of aromatic nitrogens is 5. The molecule has 4 fully saturated rings. The molecule has 4 aliphatic heterocycles. The van der Waals surface area contributed by atoms with Crippen molar-refractivity contribution in [2.75, 3.05) is 62.0 Å². The van der Waals surface area contributed by atoms with Gasteiger partial charge in [-0.05, 0) is 82.9 Å². The summed E-state index contributed by atoms with van der Waals surface area (Å²) in [5.74, 6) is -3.12. The average molecular weight is 902 g/mol. The fourth-order valence-corrected chi connectivity index (χ4v) is 10.4. The highest BCUT2D eigenvalue weighted by atomic mass is 19.3. The number of amides is 1. The molecule has 6 aliphatic rings. The first-order chi connectivity index (χ1) is 31.3. The van der Waals surface area contributed by atoms with Gasteiger partial charge < -0.3 is 39.8 Å². The van der Waals surface area contributed by atoms with Crippen molar-refractivity contribution >= 4 is 51.7 Å². The summed E-state index contributed by atoms with van der Waals surface area (Å²) < 4.78 is 76.5. The van der Waals surface area contributed by atoms with Crippen LogP contribution in [0.2, 0.25) is 0 Å². The molecule has 5 atom stereocenters. The molecule has 0 radical (unpaired) electrons. The fourth-order valence-electron chi connectivity index (χ4n) is 10.4. The number of carbonyl (C=O) groups excluding carboxylic acids is 1. The van der Waals surface area contributed by atoms with Crippen molar-refractivity contribution in [2.45, 2.75) is 88.7 Å². The van der Waals surface area contributed by atoms with Gasteiger partial charge in [-0.2, -0.15) is 18.9 Å². The van der Waals surface area contributed by atoms with Crippen LogP contribution in [0.5, 0.6) is 5.75 Å². The normalized spacial score (nSPS) is 25.9. The number of halogens is 4. The number of aliphatic imine (C=N–C) groups is 1. The van der Waals surface area contributed by atoms with Crippen LogP contribution in [0.15, 0.2) is 34.2 Å². The predicted molar refractivity (Wildman–Crippen MR) is 238 cm³/mol. The summed E-state index contributed by atoms with van der Waals surface area (Å²) in [5.41, 5.74) is 3.15. The SMILES string of the molecule is COC1NC(=O)CCC1c1nn(C)c2c1C=CC(C1CCN(CC3CCN(c4ncc(C)c(Nc5cc6c7c(c(=O)n(C)c6cc5F)OCC(F)(F)C(N=C5CC5)N7)n4)CC3)CC1)C2F. The molecule has 346 valence electrons. The Bertz CT molecular complexity index is 2630. The van der Waals surface area contributed by atoms with Gasteiger partial charge in [-0.15, -0.1) is 0 Å². The van der Waals surface area contributed by atoms with E-state index in [4.69, 9.17) is 19.6 Å². The molecule has 1 saturated carbocycles. The number of methoxy groups -OCH3 is 1. The Morgan fingerprint density at radius 3 is 2.54 bits per heavy atom. The molecule has 0 bridgehead atoms. The smallest absolute Gasteiger partial charge is 0.320 e. The summed E-state index contributed by atoms with van der Waals surface area (Å²) in [6, 6.07) is 2.68. The number of hydrogen-bond donors (Lipinski definition) is 3. The van der Waals surface area contributed by atoms with Crippen molar-refractivity contribution in [2.24, 2.45) is 36.8 Å². The van der Waals surface area contributed by atoms with E-state index in [0.717, 1.165) is 69.7 Å². The highest BCUT2D eigenvalue weighted by molar-refractivity contribution is 5.99. The summed E-state index contributed by atoms with van der Waals surface area (Å²) in [5, 5.41) is 13.9. The van der Waals surface area contributed by atoms with Crippen LogP contribution in [0.25, 0.3) is 17.0 Å². The minimum absolute atomic E-state index is 0.0360. The Morgan fingerprint density at radius 2 is 1.80 bits per heavy atom. The number of benzene rings is 1. The van der Waals surface area contributed by atoms with E-state index in [1.54, 1.807) is 25.0 Å². The number of hydrogen-bond acceptors (Lipinski definition) is 12. The maximum absolute atomic E-state index is 16.4. The Labute approximate surface area is 373 Å². The molecule has 3 aromatic heterocycles. The lowest BCUT2D eigenvalue weighted by atomic mass is 9.76. The molecular weight excluding hydrogens is 847 g/mol. The lowest BCUT2D eigenvalue weighted by Gasteiger charge is -2.40. The monoisotopic (exact) mass is 901 g/mol. The van der Waals surface area contributed by atoms with E-state index in [1.807, 2.05) is 19.1 Å². The van der Waals surface area contributed by atoms with E-state index < -0.39 is 42.5 Å². The summed E-state index contributed by atoms with van der Waals surface area (Å²) in [7, 11) is 4.82. The molecular formula is C46H55F4N11O4. The summed E-state index contributed by atoms with van der Waals surface area (Å²) in [6.45, 7) is 5.08. The molecule has 1 amide bonds. The van der Waals surface area contributed by atoms with Gasteiger partial charge in [-0.25, -0.2) is 13.8 Å². The molecule has 10 rings (SSSR count). The second kappa shape index (κ2) is 17.0. The van der Waals surface area contributed by atoms with Gasteiger partial charge in [0.25, 0.3) is 5.56 Å². The molecule has 19 heteroatoms. The number of nitrogens with zero attached hydrogens (tertiary/aromatic N) is 8. The number of likely N-dealkylation sites (tertiary alicyclic amines) is 1. The Balaban J connectivity index is 0.766. The number of alkyl halides is 3.